The Balaban J connectivity index is 1.63. The number of rotatable bonds is 3. The van der Waals surface area contributed by atoms with Gasteiger partial charge < -0.3 is 4.57 Å². The number of aromatic nitrogens is 4. The fourth-order valence-corrected chi connectivity index (χ4v) is 2.65. The molecule has 0 radical (unpaired) electrons. The van der Waals surface area contributed by atoms with Crippen molar-refractivity contribution in [2.45, 2.75) is 13.5 Å². The van der Waals surface area contributed by atoms with Gasteiger partial charge in [0.05, 0.1) is 18.4 Å². The van der Waals surface area contributed by atoms with Crippen molar-refractivity contribution >= 4 is 10.9 Å². The molecular formula is C18H16N4. The maximum absolute atomic E-state index is 4.29. The third-order valence-corrected chi connectivity index (χ3v) is 3.85. The zero-order valence-corrected chi connectivity index (χ0v) is 12.3. The summed E-state index contributed by atoms with van der Waals surface area (Å²) in [6.45, 7) is 2.80. The number of hydrogen-bond acceptors (Lipinski definition) is 2. The Labute approximate surface area is 128 Å². The molecule has 4 heteroatoms. The predicted molar refractivity (Wildman–Crippen MR) is 87.1 cm³/mol. The number of para-hydroxylation sites is 1. The largest absolute Gasteiger partial charge is 0.341 e. The first-order chi connectivity index (χ1) is 10.8. The molecule has 0 fully saturated rings. The summed E-state index contributed by atoms with van der Waals surface area (Å²) >= 11 is 0. The van der Waals surface area contributed by atoms with Crippen LogP contribution in [0.4, 0.5) is 0 Å². The summed E-state index contributed by atoms with van der Waals surface area (Å²) in [6.07, 6.45) is 4.08. The topological polar surface area (TPSA) is 35.6 Å². The lowest BCUT2D eigenvalue weighted by molar-refractivity contribution is 0.774. The Morgan fingerprint density at radius 1 is 0.955 bits per heavy atom. The first-order valence-corrected chi connectivity index (χ1v) is 7.32. The van der Waals surface area contributed by atoms with Gasteiger partial charge in [0.1, 0.15) is 5.69 Å². The quantitative estimate of drug-likeness (QED) is 0.577. The minimum atomic E-state index is 0.722. The highest BCUT2D eigenvalue weighted by atomic mass is 15.4. The van der Waals surface area contributed by atoms with E-state index in [2.05, 4.69) is 82.6 Å². The lowest BCUT2D eigenvalue weighted by Gasteiger charge is -2.02. The van der Waals surface area contributed by atoms with Crippen LogP contribution >= 0.6 is 0 Å². The highest BCUT2D eigenvalue weighted by Gasteiger charge is 2.06. The summed E-state index contributed by atoms with van der Waals surface area (Å²) in [5, 5.41) is 9.76. The fourth-order valence-electron chi connectivity index (χ4n) is 2.65. The van der Waals surface area contributed by atoms with Gasteiger partial charge in [-0.25, -0.2) is 4.68 Å². The minimum Gasteiger partial charge on any atom is -0.341 e. The molecule has 0 atom stereocenters. The zero-order valence-electron chi connectivity index (χ0n) is 12.3. The van der Waals surface area contributed by atoms with Gasteiger partial charge in [0.2, 0.25) is 0 Å². The molecule has 0 saturated carbocycles. The first kappa shape index (κ1) is 12.8. The van der Waals surface area contributed by atoms with Crippen LogP contribution in [0.3, 0.4) is 0 Å². The second kappa shape index (κ2) is 5.15. The van der Waals surface area contributed by atoms with Crippen molar-refractivity contribution in [3.63, 3.8) is 0 Å². The molecule has 0 amide bonds. The smallest absolute Gasteiger partial charge is 0.103 e. The molecule has 2 aromatic heterocycles. The van der Waals surface area contributed by atoms with Gasteiger partial charge in [0.25, 0.3) is 0 Å². The van der Waals surface area contributed by atoms with Crippen LogP contribution in [0.25, 0.3) is 16.6 Å². The van der Waals surface area contributed by atoms with Gasteiger partial charge in [0, 0.05) is 11.7 Å². The maximum Gasteiger partial charge on any atom is 0.103 e. The Morgan fingerprint density at radius 2 is 1.77 bits per heavy atom. The molecule has 2 heterocycles. The van der Waals surface area contributed by atoms with Crippen LogP contribution in [-0.4, -0.2) is 19.6 Å². The number of hydrogen-bond donors (Lipinski definition) is 0. The first-order valence-electron chi connectivity index (χ1n) is 7.32. The summed E-state index contributed by atoms with van der Waals surface area (Å²) in [5.41, 5.74) is 4.43. The van der Waals surface area contributed by atoms with Gasteiger partial charge in [-0.1, -0.05) is 41.1 Å². The van der Waals surface area contributed by atoms with Gasteiger partial charge in [-0.05, 0) is 36.6 Å². The van der Waals surface area contributed by atoms with Gasteiger partial charge >= 0.3 is 0 Å². The number of aryl methyl sites for hydroxylation is 1. The van der Waals surface area contributed by atoms with E-state index < -0.39 is 0 Å². The van der Waals surface area contributed by atoms with Crippen molar-refractivity contribution in [3.8, 4) is 5.69 Å². The number of nitrogens with zero attached hydrogens (tertiary/aromatic N) is 4. The molecule has 0 N–H and O–H groups in total. The van der Waals surface area contributed by atoms with Crippen molar-refractivity contribution in [1.29, 1.82) is 0 Å². The lowest BCUT2D eigenvalue weighted by atomic mass is 10.2. The van der Waals surface area contributed by atoms with Crippen molar-refractivity contribution in [2.75, 3.05) is 0 Å². The van der Waals surface area contributed by atoms with Gasteiger partial charge in [-0.15, -0.1) is 5.10 Å². The van der Waals surface area contributed by atoms with E-state index in [1.54, 1.807) is 0 Å². The average molecular weight is 288 g/mol. The van der Waals surface area contributed by atoms with E-state index in [1.807, 2.05) is 10.9 Å². The normalized spacial score (nSPS) is 11.1. The molecule has 0 bridgehead atoms. The van der Waals surface area contributed by atoms with Gasteiger partial charge in [-0.2, -0.15) is 0 Å². The van der Waals surface area contributed by atoms with Crippen molar-refractivity contribution in [3.05, 3.63) is 78.2 Å². The third-order valence-electron chi connectivity index (χ3n) is 3.85. The standard InChI is InChI=1S/C18H16N4/c1-14-6-8-17(9-7-14)22-13-16(19-20-22)12-21-11-10-15-4-2-3-5-18(15)21/h2-11,13H,12H2,1H3. The average Bonchev–Trinajstić information content (AvgIpc) is 3.16. The molecule has 4 aromatic rings. The second-order valence-electron chi connectivity index (χ2n) is 5.49. The van der Waals surface area contributed by atoms with E-state index in [-0.39, 0.29) is 0 Å². The Morgan fingerprint density at radius 3 is 2.64 bits per heavy atom. The van der Waals surface area contributed by atoms with E-state index in [1.165, 1.54) is 16.5 Å². The number of benzene rings is 2. The van der Waals surface area contributed by atoms with E-state index in [9.17, 15) is 0 Å². The molecule has 4 rings (SSSR count). The number of fused-ring (bicyclic) bond motifs is 1. The summed E-state index contributed by atoms with van der Waals surface area (Å²) < 4.78 is 4.01. The maximum atomic E-state index is 4.29. The van der Waals surface area contributed by atoms with Crippen LogP contribution in [0.2, 0.25) is 0 Å². The summed E-state index contributed by atoms with van der Waals surface area (Å²) in [4.78, 5) is 0. The predicted octanol–water partition coefficient (Wildman–Crippen LogP) is 3.58. The van der Waals surface area contributed by atoms with Crippen LogP contribution in [0.15, 0.2) is 67.0 Å². The van der Waals surface area contributed by atoms with Gasteiger partial charge in [0.15, 0.2) is 0 Å². The summed E-state index contributed by atoms with van der Waals surface area (Å²) in [5.74, 6) is 0. The molecule has 22 heavy (non-hydrogen) atoms. The molecule has 108 valence electrons. The Kier molecular flexibility index (Phi) is 3.00. The van der Waals surface area contributed by atoms with Crippen LogP contribution in [0.5, 0.6) is 0 Å². The van der Waals surface area contributed by atoms with E-state index in [4.69, 9.17) is 0 Å². The molecule has 0 saturated heterocycles. The SMILES string of the molecule is Cc1ccc(-n2cc(Cn3ccc4ccccc43)nn2)cc1. The lowest BCUT2D eigenvalue weighted by Crippen LogP contribution is -1.98. The van der Waals surface area contributed by atoms with Crippen molar-refractivity contribution < 1.29 is 0 Å². The molecule has 0 aliphatic carbocycles. The zero-order chi connectivity index (χ0) is 14.9. The second-order valence-corrected chi connectivity index (χ2v) is 5.49. The highest BCUT2D eigenvalue weighted by molar-refractivity contribution is 5.79. The Hall–Kier alpha value is -2.88. The molecule has 0 aliphatic heterocycles. The Bertz CT molecular complexity index is 916. The van der Waals surface area contributed by atoms with Gasteiger partial charge in [-0.3, -0.25) is 0 Å². The third kappa shape index (κ3) is 2.29. The minimum absolute atomic E-state index is 0.722. The van der Waals surface area contributed by atoms with E-state index >= 15 is 0 Å². The molecular weight excluding hydrogens is 272 g/mol. The van der Waals surface area contributed by atoms with Crippen molar-refractivity contribution in [1.82, 2.24) is 19.6 Å². The van der Waals surface area contributed by atoms with Crippen LogP contribution < -0.4 is 0 Å². The molecule has 0 aliphatic rings. The molecule has 0 unspecified atom stereocenters. The summed E-state index contributed by atoms with van der Waals surface area (Å²) in [7, 11) is 0. The molecule has 4 nitrogen and oxygen atoms in total. The van der Waals surface area contributed by atoms with Crippen LogP contribution in [0.1, 0.15) is 11.3 Å². The fraction of sp³-hybridized carbons (Fsp3) is 0.111. The molecule has 0 spiro atoms. The monoisotopic (exact) mass is 288 g/mol. The highest BCUT2D eigenvalue weighted by Crippen LogP contribution is 2.16. The van der Waals surface area contributed by atoms with E-state index in [0.29, 0.717) is 0 Å². The van der Waals surface area contributed by atoms with E-state index in [0.717, 1.165) is 17.9 Å². The summed E-state index contributed by atoms with van der Waals surface area (Å²) in [6, 6.07) is 18.8. The van der Waals surface area contributed by atoms with Crippen LogP contribution in [-0.2, 0) is 6.54 Å². The van der Waals surface area contributed by atoms with Crippen LogP contribution in [0, 0.1) is 6.92 Å². The molecule has 2 aromatic carbocycles. The van der Waals surface area contributed by atoms with Crippen molar-refractivity contribution in [2.24, 2.45) is 0 Å².